The Morgan fingerprint density at radius 1 is 1.56 bits per heavy atom. The number of hydrogen-bond donors (Lipinski definition) is 1. The van der Waals surface area contributed by atoms with Gasteiger partial charge in [0.05, 0.1) is 12.2 Å². The molecule has 1 aliphatic heterocycles. The Kier molecular flexibility index (Phi) is 4.78. The van der Waals surface area contributed by atoms with Crippen molar-refractivity contribution < 1.29 is 4.74 Å². The van der Waals surface area contributed by atoms with Gasteiger partial charge in [0.25, 0.3) is 0 Å². The zero-order chi connectivity index (χ0) is 13.0. The molecule has 1 aliphatic rings. The zero-order valence-corrected chi connectivity index (χ0v) is 12.4. The van der Waals surface area contributed by atoms with Crippen molar-refractivity contribution in [3.8, 4) is 0 Å². The van der Waals surface area contributed by atoms with Crippen molar-refractivity contribution in [2.75, 3.05) is 26.2 Å². The van der Waals surface area contributed by atoms with Crippen molar-refractivity contribution in [3.05, 3.63) is 22.4 Å². The number of nitrogens with one attached hydrogen (secondary N) is 1. The summed E-state index contributed by atoms with van der Waals surface area (Å²) in [5, 5.41) is 5.67. The normalized spacial score (nSPS) is 21.9. The van der Waals surface area contributed by atoms with Crippen molar-refractivity contribution in [1.29, 1.82) is 0 Å². The Balaban J connectivity index is 1.72. The van der Waals surface area contributed by atoms with Gasteiger partial charge in [-0.3, -0.25) is 4.90 Å². The van der Waals surface area contributed by atoms with Crippen LogP contribution in [0.4, 0.5) is 0 Å². The smallest absolute Gasteiger partial charge is 0.0753 e. The summed E-state index contributed by atoms with van der Waals surface area (Å²) in [6, 6.07) is 4.85. The van der Waals surface area contributed by atoms with Crippen LogP contribution in [0, 0.1) is 0 Å². The van der Waals surface area contributed by atoms with E-state index in [1.165, 1.54) is 4.88 Å². The van der Waals surface area contributed by atoms with Gasteiger partial charge >= 0.3 is 0 Å². The first-order valence-corrected chi connectivity index (χ1v) is 7.56. The van der Waals surface area contributed by atoms with Crippen molar-refractivity contribution in [3.63, 3.8) is 0 Å². The number of thiophene rings is 1. The van der Waals surface area contributed by atoms with E-state index in [2.05, 4.69) is 48.5 Å². The van der Waals surface area contributed by atoms with Gasteiger partial charge in [0.1, 0.15) is 0 Å². The van der Waals surface area contributed by atoms with Gasteiger partial charge in [-0.1, -0.05) is 6.07 Å². The van der Waals surface area contributed by atoms with E-state index in [1.54, 1.807) is 0 Å². The van der Waals surface area contributed by atoms with E-state index in [-0.39, 0.29) is 5.60 Å². The SMILES string of the molecule is CC(CNCc1cccs1)N1CCOC(C)(C)C1. The molecule has 1 aromatic rings. The summed E-state index contributed by atoms with van der Waals surface area (Å²) in [6.45, 7) is 11.6. The summed E-state index contributed by atoms with van der Waals surface area (Å²) in [5.41, 5.74) is 0.000260. The fourth-order valence-electron chi connectivity index (χ4n) is 2.38. The molecule has 18 heavy (non-hydrogen) atoms. The minimum absolute atomic E-state index is 0.000260. The van der Waals surface area contributed by atoms with Crippen molar-refractivity contribution in [1.82, 2.24) is 10.2 Å². The molecule has 1 atom stereocenters. The highest BCUT2D eigenvalue weighted by Gasteiger charge is 2.29. The predicted molar refractivity (Wildman–Crippen MR) is 77.1 cm³/mol. The molecule has 1 N–H and O–H groups in total. The topological polar surface area (TPSA) is 24.5 Å². The minimum atomic E-state index is 0.000260. The van der Waals surface area contributed by atoms with Gasteiger partial charge in [0, 0.05) is 37.1 Å². The largest absolute Gasteiger partial charge is 0.373 e. The van der Waals surface area contributed by atoms with Crippen LogP contribution in [0.1, 0.15) is 25.6 Å². The molecule has 1 unspecified atom stereocenters. The van der Waals surface area contributed by atoms with Gasteiger partial charge < -0.3 is 10.1 Å². The van der Waals surface area contributed by atoms with Crippen LogP contribution < -0.4 is 5.32 Å². The highest BCUT2D eigenvalue weighted by atomic mass is 32.1. The third-order valence-electron chi connectivity index (χ3n) is 3.40. The molecular weight excluding hydrogens is 244 g/mol. The second-order valence-electron chi connectivity index (χ2n) is 5.64. The van der Waals surface area contributed by atoms with Crippen molar-refractivity contribution >= 4 is 11.3 Å². The summed E-state index contributed by atoms with van der Waals surface area (Å²) < 4.78 is 5.75. The molecule has 0 aliphatic carbocycles. The lowest BCUT2D eigenvalue weighted by atomic mass is 10.1. The van der Waals surface area contributed by atoms with E-state index >= 15 is 0 Å². The van der Waals surface area contributed by atoms with Crippen LogP contribution >= 0.6 is 11.3 Å². The monoisotopic (exact) mass is 268 g/mol. The molecule has 0 amide bonds. The molecule has 1 aromatic heterocycles. The van der Waals surface area contributed by atoms with Crippen LogP contribution in [-0.4, -0.2) is 42.8 Å². The van der Waals surface area contributed by atoms with Gasteiger partial charge in [-0.15, -0.1) is 11.3 Å². The molecule has 3 nitrogen and oxygen atoms in total. The maximum absolute atomic E-state index is 5.75. The van der Waals surface area contributed by atoms with Gasteiger partial charge in [0.15, 0.2) is 0 Å². The maximum atomic E-state index is 5.75. The fourth-order valence-corrected chi connectivity index (χ4v) is 3.05. The lowest BCUT2D eigenvalue weighted by Gasteiger charge is -2.41. The van der Waals surface area contributed by atoms with Crippen LogP contribution in [0.5, 0.6) is 0 Å². The van der Waals surface area contributed by atoms with E-state index in [9.17, 15) is 0 Å². The van der Waals surface area contributed by atoms with Crippen LogP contribution in [0.25, 0.3) is 0 Å². The predicted octanol–water partition coefficient (Wildman–Crippen LogP) is 2.34. The highest BCUT2D eigenvalue weighted by Crippen LogP contribution is 2.18. The number of hydrogen-bond acceptors (Lipinski definition) is 4. The van der Waals surface area contributed by atoms with Crippen molar-refractivity contribution in [2.24, 2.45) is 0 Å². The van der Waals surface area contributed by atoms with Crippen LogP contribution in [0.2, 0.25) is 0 Å². The average Bonchev–Trinajstić information content (AvgIpc) is 2.80. The first-order valence-electron chi connectivity index (χ1n) is 6.68. The van der Waals surface area contributed by atoms with E-state index in [1.807, 2.05) is 11.3 Å². The summed E-state index contributed by atoms with van der Waals surface area (Å²) in [4.78, 5) is 3.93. The van der Waals surface area contributed by atoms with Gasteiger partial charge in [-0.25, -0.2) is 0 Å². The maximum Gasteiger partial charge on any atom is 0.0753 e. The Labute approximate surface area is 114 Å². The second-order valence-corrected chi connectivity index (χ2v) is 6.67. The molecule has 0 aromatic carbocycles. The highest BCUT2D eigenvalue weighted by molar-refractivity contribution is 7.09. The first-order chi connectivity index (χ1) is 8.57. The fraction of sp³-hybridized carbons (Fsp3) is 0.714. The molecule has 2 heterocycles. The molecule has 0 saturated carbocycles. The quantitative estimate of drug-likeness (QED) is 0.887. The van der Waals surface area contributed by atoms with Crippen LogP contribution in [-0.2, 0) is 11.3 Å². The van der Waals surface area contributed by atoms with E-state index < -0.39 is 0 Å². The molecule has 0 bridgehead atoms. The van der Waals surface area contributed by atoms with E-state index in [4.69, 9.17) is 4.74 Å². The molecule has 2 rings (SSSR count). The number of ether oxygens (including phenoxy) is 1. The van der Waals surface area contributed by atoms with Crippen LogP contribution in [0.15, 0.2) is 17.5 Å². The van der Waals surface area contributed by atoms with Crippen molar-refractivity contribution in [2.45, 2.75) is 39.0 Å². The van der Waals surface area contributed by atoms with Gasteiger partial charge in [-0.05, 0) is 32.2 Å². The number of rotatable bonds is 5. The third-order valence-corrected chi connectivity index (χ3v) is 4.27. The number of nitrogens with zero attached hydrogens (tertiary/aromatic N) is 1. The average molecular weight is 268 g/mol. The minimum Gasteiger partial charge on any atom is -0.373 e. The van der Waals surface area contributed by atoms with Crippen LogP contribution in [0.3, 0.4) is 0 Å². The summed E-state index contributed by atoms with van der Waals surface area (Å²) in [7, 11) is 0. The Morgan fingerprint density at radius 3 is 3.06 bits per heavy atom. The molecule has 4 heteroatoms. The summed E-state index contributed by atoms with van der Waals surface area (Å²) >= 11 is 1.81. The third kappa shape index (κ3) is 4.05. The first kappa shape index (κ1) is 14.0. The summed E-state index contributed by atoms with van der Waals surface area (Å²) in [6.07, 6.45) is 0. The van der Waals surface area contributed by atoms with E-state index in [0.717, 1.165) is 32.8 Å². The number of morpholine rings is 1. The molecular formula is C14H24N2OS. The molecule has 0 radical (unpaired) electrons. The zero-order valence-electron chi connectivity index (χ0n) is 11.6. The molecule has 1 fully saturated rings. The summed E-state index contributed by atoms with van der Waals surface area (Å²) in [5.74, 6) is 0. The standard InChI is InChI=1S/C14H24N2OS/c1-12(9-15-10-13-5-4-8-18-13)16-6-7-17-14(2,3)11-16/h4-5,8,12,15H,6-7,9-11H2,1-3H3. The molecule has 102 valence electrons. The Hall–Kier alpha value is -0.420. The molecule has 1 saturated heterocycles. The lowest BCUT2D eigenvalue weighted by Crippen LogP contribution is -2.53. The Morgan fingerprint density at radius 2 is 2.39 bits per heavy atom. The van der Waals surface area contributed by atoms with E-state index in [0.29, 0.717) is 6.04 Å². The molecule has 0 spiro atoms. The second kappa shape index (κ2) is 6.15. The van der Waals surface area contributed by atoms with Gasteiger partial charge in [-0.2, -0.15) is 0 Å². The Bertz CT molecular complexity index is 351. The lowest BCUT2D eigenvalue weighted by molar-refractivity contribution is -0.0950. The van der Waals surface area contributed by atoms with Gasteiger partial charge in [0.2, 0.25) is 0 Å².